The van der Waals surface area contributed by atoms with E-state index in [9.17, 15) is 9.59 Å². The minimum atomic E-state index is -0.515. The standard InChI is InChI=1S/C23H26N2O4/c1-15-13-18(16(2)25(15)19-9-7-6-8-10-19)14-20-21(23(27)29-5)17(3)24(22(20)26)11-12-28-4/h6-10,13-14H,11-12H2,1-5H3/b20-14-. The summed E-state index contributed by atoms with van der Waals surface area (Å²) >= 11 is 0. The molecule has 6 nitrogen and oxygen atoms in total. The van der Waals surface area contributed by atoms with E-state index in [-0.39, 0.29) is 5.91 Å². The van der Waals surface area contributed by atoms with Gasteiger partial charge in [-0.1, -0.05) is 18.2 Å². The molecule has 2 heterocycles. The van der Waals surface area contributed by atoms with Crippen LogP contribution in [0.4, 0.5) is 0 Å². The third kappa shape index (κ3) is 3.76. The van der Waals surface area contributed by atoms with Gasteiger partial charge in [-0.15, -0.1) is 0 Å². The van der Waals surface area contributed by atoms with Crippen LogP contribution in [0.1, 0.15) is 23.9 Å². The van der Waals surface area contributed by atoms with E-state index in [0.717, 1.165) is 22.6 Å². The summed E-state index contributed by atoms with van der Waals surface area (Å²) in [6.07, 6.45) is 1.78. The normalized spacial score (nSPS) is 15.6. The minimum absolute atomic E-state index is 0.218. The molecule has 1 aliphatic heterocycles. The van der Waals surface area contributed by atoms with Crippen molar-refractivity contribution in [3.05, 3.63) is 70.2 Å². The van der Waals surface area contributed by atoms with Crippen LogP contribution in [-0.2, 0) is 19.1 Å². The highest BCUT2D eigenvalue weighted by Crippen LogP contribution is 2.33. The summed E-state index contributed by atoms with van der Waals surface area (Å²) in [5.74, 6) is -0.733. The van der Waals surface area contributed by atoms with Crippen LogP contribution in [0.3, 0.4) is 0 Å². The fourth-order valence-corrected chi connectivity index (χ4v) is 3.74. The number of aromatic nitrogens is 1. The number of rotatable bonds is 6. The Morgan fingerprint density at radius 1 is 1.10 bits per heavy atom. The molecule has 0 spiro atoms. The van der Waals surface area contributed by atoms with Crippen molar-refractivity contribution in [2.45, 2.75) is 20.8 Å². The fourth-order valence-electron chi connectivity index (χ4n) is 3.74. The van der Waals surface area contributed by atoms with Gasteiger partial charge in [-0.25, -0.2) is 4.79 Å². The molecule has 2 aromatic rings. The average molecular weight is 394 g/mol. The SMILES string of the molecule is COCCN1C(=O)/C(=C\c2cc(C)n(-c3ccccc3)c2C)C(C(=O)OC)=C1C. The Balaban J connectivity index is 2.09. The lowest BCUT2D eigenvalue weighted by Gasteiger charge is -2.16. The Labute approximate surface area is 171 Å². The molecule has 0 fully saturated rings. The lowest BCUT2D eigenvalue weighted by molar-refractivity contribution is -0.136. The van der Waals surface area contributed by atoms with Gasteiger partial charge in [-0.05, 0) is 50.6 Å². The van der Waals surface area contributed by atoms with Gasteiger partial charge in [0.25, 0.3) is 5.91 Å². The van der Waals surface area contributed by atoms with Gasteiger partial charge < -0.3 is 18.9 Å². The van der Waals surface area contributed by atoms with Crippen molar-refractivity contribution >= 4 is 18.0 Å². The zero-order valence-corrected chi connectivity index (χ0v) is 17.5. The molecule has 0 aliphatic carbocycles. The highest BCUT2D eigenvalue weighted by molar-refractivity contribution is 6.16. The lowest BCUT2D eigenvalue weighted by Crippen LogP contribution is -2.28. The van der Waals surface area contributed by atoms with Crippen LogP contribution >= 0.6 is 0 Å². The van der Waals surface area contributed by atoms with Crippen LogP contribution in [0.5, 0.6) is 0 Å². The number of carbonyl (C=O) groups excluding carboxylic acids is 2. The number of para-hydroxylation sites is 1. The molecule has 0 N–H and O–H groups in total. The second-order valence-corrected chi connectivity index (χ2v) is 6.96. The van der Waals surface area contributed by atoms with Gasteiger partial charge >= 0.3 is 5.97 Å². The monoisotopic (exact) mass is 394 g/mol. The Morgan fingerprint density at radius 3 is 2.41 bits per heavy atom. The highest BCUT2D eigenvalue weighted by atomic mass is 16.5. The van der Waals surface area contributed by atoms with Crippen LogP contribution in [0.25, 0.3) is 11.8 Å². The summed E-state index contributed by atoms with van der Waals surface area (Å²) in [4.78, 5) is 27.1. The van der Waals surface area contributed by atoms with Crippen molar-refractivity contribution in [1.82, 2.24) is 9.47 Å². The molecule has 0 atom stereocenters. The van der Waals surface area contributed by atoms with Crippen molar-refractivity contribution in [2.75, 3.05) is 27.4 Å². The summed E-state index contributed by atoms with van der Waals surface area (Å²) < 4.78 is 12.2. The van der Waals surface area contributed by atoms with Crippen molar-refractivity contribution in [1.29, 1.82) is 0 Å². The number of esters is 1. The van der Waals surface area contributed by atoms with Gasteiger partial charge in [0.15, 0.2) is 0 Å². The molecular formula is C23H26N2O4. The summed E-state index contributed by atoms with van der Waals surface area (Å²) in [7, 11) is 2.90. The molecule has 0 saturated carbocycles. The number of allylic oxidation sites excluding steroid dienone is 1. The van der Waals surface area contributed by atoms with E-state index in [1.54, 1.807) is 25.0 Å². The first-order chi connectivity index (χ1) is 13.9. The first-order valence-corrected chi connectivity index (χ1v) is 9.47. The molecule has 1 aromatic carbocycles. The van der Waals surface area contributed by atoms with Gasteiger partial charge in [0.2, 0.25) is 0 Å². The number of benzene rings is 1. The van der Waals surface area contributed by atoms with E-state index in [2.05, 4.69) is 4.57 Å². The Hall–Kier alpha value is -3.12. The minimum Gasteiger partial charge on any atom is -0.465 e. The van der Waals surface area contributed by atoms with E-state index in [4.69, 9.17) is 9.47 Å². The van der Waals surface area contributed by atoms with Gasteiger partial charge in [-0.2, -0.15) is 0 Å². The summed E-state index contributed by atoms with van der Waals surface area (Å²) in [5.41, 5.74) is 5.21. The number of carbonyl (C=O) groups is 2. The molecule has 0 bridgehead atoms. The van der Waals surface area contributed by atoms with Crippen molar-refractivity contribution in [3.63, 3.8) is 0 Å². The first-order valence-electron chi connectivity index (χ1n) is 9.47. The van der Waals surface area contributed by atoms with Gasteiger partial charge in [-0.3, -0.25) is 4.79 Å². The third-order valence-corrected chi connectivity index (χ3v) is 5.20. The number of nitrogens with zero attached hydrogens (tertiary/aromatic N) is 2. The molecule has 0 radical (unpaired) electrons. The molecule has 6 heteroatoms. The van der Waals surface area contributed by atoms with E-state index in [0.29, 0.717) is 30.0 Å². The van der Waals surface area contributed by atoms with Gasteiger partial charge in [0.1, 0.15) is 0 Å². The second-order valence-electron chi connectivity index (χ2n) is 6.96. The Bertz CT molecular complexity index is 999. The molecule has 1 aliphatic rings. The molecule has 29 heavy (non-hydrogen) atoms. The Kier molecular flexibility index (Phi) is 6.03. The van der Waals surface area contributed by atoms with Crippen LogP contribution in [0.2, 0.25) is 0 Å². The fraction of sp³-hybridized carbons (Fsp3) is 0.304. The van der Waals surface area contributed by atoms with Gasteiger partial charge in [0.05, 0.1) is 24.9 Å². The lowest BCUT2D eigenvalue weighted by atomic mass is 10.0. The average Bonchev–Trinajstić information content (AvgIpc) is 3.13. The molecule has 3 rings (SSSR count). The highest BCUT2D eigenvalue weighted by Gasteiger charge is 2.37. The third-order valence-electron chi connectivity index (χ3n) is 5.20. The quantitative estimate of drug-likeness (QED) is 0.556. The first kappa shape index (κ1) is 20.6. The van der Waals surface area contributed by atoms with Gasteiger partial charge in [0, 0.05) is 36.4 Å². The number of hydrogen-bond acceptors (Lipinski definition) is 4. The van der Waals surface area contributed by atoms with Crippen LogP contribution in [-0.4, -0.2) is 48.7 Å². The van der Waals surface area contributed by atoms with Crippen molar-refractivity contribution in [3.8, 4) is 5.69 Å². The number of aryl methyl sites for hydroxylation is 1. The largest absolute Gasteiger partial charge is 0.465 e. The smallest absolute Gasteiger partial charge is 0.340 e. The number of ether oxygens (including phenoxy) is 2. The van der Waals surface area contributed by atoms with Crippen LogP contribution < -0.4 is 0 Å². The molecule has 0 saturated heterocycles. The number of methoxy groups -OCH3 is 2. The van der Waals surface area contributed by atoms with Crippen molar-refractivity contribution < 1.29 is 19.1 Å². The number of amides is 1. The Morgan fingerprint density at radius 2 is 1.79 bits per heavy atom. The maximum absolute atomic E-state index is 13.1. The van der Waals surface area contributed by atoms with E-state index < -0.39 is 5.97 Å². The predicted octanol–water partition coefficient (Wildman–Crippen LogP) is 3.41. The molecule has 152 valence electrons. The molecule has 1 aromatic heterocycles. The maximum Gasteiger partial charge on any atom is 0.340 e. The predicted molar refractivity (Wildman–Crippen MR) is 112 cm³/mol. The summed E-state index contributed by atoms with van der Waals surface area (Å²) in [5, 5.41) is 0. The molecule has 0 unspecified atom stereocenters. The zero-order valence-electron chi connectivity index (χ0n) is 17.5. The summed E-state index contributed by atoms with van der Waals surface area (Å²) in [6.45, 7) is 6.54. The number of hydrogen-bond donors (Lipinski definition) is 0. The zero-order chi connectivity index (χ0) is 21.1. The topological polar surface area (TPSA) is 60.8 Å². The second kappa shape index (κ2) is 8.49. The molecular weight excluding hydrogens is 368 g/mol. The van der Waals surface area contributed by atoms with Crippen LogP contribution in [0.15, 0.2) is 53.2 Å². The maximum atomic E-state index is 13.1. The van der Waals surface area contributed by atoms with E-state index >= 15 is 0 Å². The summed E-state index contributed by atoms with van der Waals surface area (Å²) in [6, 6.07) is 12.0. The van der Waals surface area contributed by atoms with E-state index in [1.165, 1.54) is 7.11 Å². The van der Waals surface area contributed by atoms with E-state index in [1.807, 2.05) is 50.2 Å². The van der Waals surface area contributed by atoms with Crippen LogP contribution in [0, 0.1) is 13.8 Å². The van der Waals surface area contributed by atoms with Crippen molar-refractivity contribution in [2.24, 2.45) is 0 Å². The molecule has 1 amide bonds.